The maximum Gasteiger partial charge on any atom is 0.324 e. The first-order valence-electron chi connectivity index (χ1n) is 10.8. The minimum absolute atomic E-state index is 0.00486. The Hall–Kier alpha value is -4.72. The van der Waals surface area contributed by atoms with Crippen LogP contribution in [-0.4, -0.2) is 16.2 Å². The number of amides is 2. The van der Waals surface area contributed by atoms with Crippen molar-refractivity contribution in [3.05, 3.63) is 108 Å². The lowest BCUT2D eigenvalue weighted by atomic mass is 10.1. The number of nitrogens with zero attached hydrogens (tertiary/aromatic N) is 1. The molecule has 0 unspecified atom stereocenters. The topological polar surface area (TPSA) is 79.0 Å². The van der Waals surface area contributed by atoms with Crippen LogP contribution in [0.2, 0.25) is 0 Å². The number of benzene rings is 4. The lowest BCUT2D eigenvalue weighted by Crippen LogP contribution is -2.19. The van der Waals surface area contributed by atoms with Crippen molar-refractivity contribution in [3.63, 3.8) is 0 Å². The fourth-order valence-electron chi connectivity index (χ4n) is 3.69. The number of anilines is 2. The van der Waals surface area contributed by atoms with E-state index < -0.39 is 17.7 Å². The highest BCUT2D eigenvalue weighted by Gasteiger charge is 2.11. The first kappa shape index (κ1) is 22.1. The number of nitrogens with one attached hydrogen (secondary N) is 3. The van der Waals surface area contributed by atoms with Gasteiger partial charge in [-0.05, 0) is 53.1 Å². The zero-order valence-corrected chi connectivity index (χ0v) is 18.4. The zero-order chi connectivity index (χ0) is 24.2. The van der Waals surface area contributed by atoms with Crippen molar-refractivity contribution in [2.24, 2.45) is 0 Å². The van der Waals surface area contributed by atoms with Gasteiger partial charge in [-0.25, -0.2) is 13.6 Å². The molecule has 4 aromatic carbocycles. The van der Waals surface area contributed by atoms with Gasteiger partial charge in [-0.2, -0.15) is 5.10 Å². The summed E-state index contributed by atoms with van der Waals surface area (Å²) in [6.07, 6.45) is 0. The third kappa shape index (κ3) is 5.27. The van der Waals surface area contributed by atoms with Crippen molar-refractivity contribution in [1.29, 1.82) is 0 Å². The summed E-state index contributed by atoms with van der Waals surface area (Å²) in [4.78, 5) is 12.5. The summed E-state index contributed by atoms with van der Waals surface area (Å²) in [6, 6.07) is 25.4. The second-order valence-electron chi connectivity index (χ2n) is 7.87. The Morgan fingerprint density at radius 2 is 1.54 bits per heavy atom. The molecule has 0 atom stereocenters. The number of carbonyl (C=O) groups excluding carboxylic acids is 1. The van der Waals surface area contributed by atoms with E-state index in [-0.39, 0.29) is 6.61 Å². The second-order valence-corrected chi connectivity index (χ2v) is 7.87. The Kier molecular flexibility index (Phi) is 6.09. The van der Waals surface area contributed by atoms with Crippen molar-refractivity contribution in [3.8, 4) is 16.9 Å². The van der Waals surface area contributed by atoms with Crippen molar-refractivity contribution in [2.45, 2.75) is 6.61 Å². The second kappa shape index (κ2) is 9.64. The van der Waals surface area contributed by atoms with Gasteiger partial charge in [-0.1, -0.05) is 42.5 Å². The Balaban J connectivity index is 1.22. The summed E-state index contributed by atoms with van der Waals surface area (Å²) in [5.74, 6) is -0.472. The molecule has 0 aliphatic carbocycles. The number of carbonyl (C=O) groups is 1. The number of hydrogen-bond acceptors (Lipinski definition) is 3. The van der Waals surface area contributed by atoms with E-state index in [1.807, 2.05) is 54.6 Å². The zero-order valence-electron chi connectivity index (χ0n) is 18.4. The van der Waals surface area contributed by atoms with Crippen LogP contribution in [0.5, 0.6) is 5.75 Å². The number of rotatable bonds is 6. The summed E-state index contributed by atoms with van der Waals surface area (Å²) in [7, 11) is 0. The Morgan fingerprint density at radius 3 is 2.29 bits per heavy atom. The molecular formula is C27H20F2N4O2. The summed E-state index contributed by atoms with van der Waals surface area (Å²) < 4.78 is 32.3. The van der Waals surface area contributed by atoms with Gasteiger partial charge < -0.3 is 10.1 Å². The predicted molar refractivity (Wildman–Crippen MR) is 131 cm³/mol. The molecule has 1 heterocycles. The third-order valence-electron chi connectivity index (χ3n) is 5.34. The smallest absolute Gasteiger partial charge is 0.324 e. The van der Waals surface area contributed by atoms with Gasteiger partial charge in [0.1, 0.15) is 24.0 Å². The first-order valence-corrected chi connectivity index (χ1v) is 10.8. The molecule has 6 nitrogen and oxygen atoms in total. The molecule has 0 fully saturated rings. The summed E-state index contributed by atoms with van der Waals surface area (Å²) in [5, 5.41) is 13.2. The fourth-order valence-corrected chi connectivity index (χ4v) is 3.69. The van der Waals surface area contributed by atoms with Crippen LogP contribution in [0.1, 0.15) is 5.56 Å². The molecule has 5 rings (SSSR count). The molecular weight excluding hydrogens is 450 g/mol. The number of aromatic amines is 1. The molecule has 0 bridgehead atoms. The van der Waals surface area contributed by atoms with Gasteiger partial charge in [0, 0.05) is 23.2 Å². The molecule has 8 heteroatoms. The SMILES string of the molecule is O=C(Nc1ccc(-c2ccccc2)cc1)Nc1n[nH]c2cc(OCc3cc(F)cc(F)c3)ccc12. The van der Waals surface area contributed by atoms with E-state index in [4.69, 9.17) is 4.74 Å². The summed E-state index contributed by atoms with van der Waals surface area (Å²) >= 11 is 0. The fraction of sp³-hybridized carbons (Fsp3) is 0.0370. The highest BCUT2D eigenvalue weighted by Crippen LogP contribution is 2.26. The van der Waals surface area contributed by atoms with E-state index >= 15 is 0 Å². The molecule has 35 heavy (non-hydrogen) atoms. The van der Waals surface area contributed by atoms with Gasteiger partial charge in [-0.3, -0.25) is 10.4 Å². The Bertz CT molecular complexity index is 1460. The number of ether oxygens (including phenoxy) is 1. The lowest BCUT2D eigenvalue weighted by Gasteiger charge is -2.08. The van der Waals surface area contributed by atoms with Crippen molar-refractivity contribution < 1.29 is 18.3 Å². The number of halogens is 2. The molecule has 0 aliphatic heterocycles. The Labute approximate surface area is 199 Å². The van der Waals surface area contributed by atoms with Crippen LogP contribution in [0, 0.1) is 11.6 Å². The van der Waals surface area contributed by atoms with E-state index in [1.165, 1.54) is 12.1 Å². The molecule has 0 saturated heterocycles. The molecule has 0 aliphatic rings. The monoisotopic (exact) mass is 470 g/mol. The predicted octanol–water partition coefficient (Wildman–Crippen LogP) is 6.73. The minimum Gasteiger partial charge on any atom is -0.489 e. The maximum absolute atomic E-state index is 13.3. The van der Waals surface area contributed by atoms with Gasteiger partial charge in [0.15, 0.2) is 5.82 Å². The molecule has 5 aromatic rings. The third-order valence-corrected chi connectivity index (χ3v) is 5.34. The van der Waals surface area contributed by atoms with Crippen LogP contribution < -0.4 is 15.4 Å². The van der Waals surface area contributed by atoms with E-state index in [1.54, 1.807) is 18.2 Å². The molecule has 0 radical (unpaired) electrons. The van der Waals surface area contributed by atoms with Gasteiger partial charge in [-0.15, -0.1) is 0 Å². The van der Waals surface area contributed by atoms with Crippen LogP contribution in [0.15, 0.2) is 91.0 Å². The average molecular weight is 470 g/mol. The van der Waals surface area contributed by atoms with Crippen LogP contribution in [0.25, 0.3) is 22.0 Å². The standard InChI is InChI=1S/C27H20F2N4O2/c28-20-12-17(13-21(29)14-20)16-35-23-10-11-24-25(15-23)32-33-26(24)31-27(34)30-22-8-6-19(7-9-22)18-4-2-1-3-5-18/h1-15H,16H2,(H3,30,31,32,33,34). The maximum atomic E-state index is 13.3. The molecule has 0 spiro atoms. The van der Waals surface area contributed by atoms with Gasteiger partial charge in [0.25, 0.3) is 0 Å². The van der Waals surface area contributed by atoms with Gasteiger partial charge in [0.05, 0.1) is 5.52 Å². The van der Waals surface area contributed by atoms with Crippen molar-refractivity contribution in [1.82, 2.24) is 10.2 Å². The van der Waals surface area contributed by atoms with E-state index in [0.717, 1.165) is 17.2 Å². The van der Waals surface area contributed by atoms with Crippen molar-refractivity contribution >= 4 is 28.4 Å². The molecule has 174 valence electrons. The number of urea groups is 1. The van der Waals surface area contributed by atoms with Crippen molar-refractivity contribution in [2.75, 3.05) is 10.6 Å². The van der Waals surface area contributed by atoms with Crippen LogP contribution in [0.4, 0.5) is 25.1 Å². The lowest BCUT2D eigenvalue weighted by molar-refractivity contribution is 0.262. The molecule has 0 saturated carbocycles. The van der Waals surface area contributed by atoms with E-state index in [0.29, 0.717) is 33.7 Å². The summed E-state index contributed by atoms with van der Waals surface area (Å²) in [5.41, 5.74) is 3.80. The van der Waals surface area contributed by atoms with Gasteiger partial charge >= 0.3 is 6.03 Å². The number of hydrogen-bond donors (Lipinski definition) is 3. The molecule has 1 aromatic heterocycles. The van der Waals surface area contributed by atoms with E-state index in [2.05, 4.69) is 20.8 Å². The minimum atomic E-state index is -0.659. The summed E-state index contributed by atoms with van der Waals surface area (Å²) in [6.45, 7) is 0.00486. The average Bonchev–Trinajstić information content (AvgIpc) is 3.25. The highest BCUT2D eigenvalue weighted by atomic mass is 19.1. The van der Waals surface area contributed by atoms with Crippen LogP contribution in [-0.2, 0) is 6.61 Å². The number of H-pyrrole nitrogens is 1. The van der Waals surface area contributed by atoms with Crippen LogP contribution in [0.3, 0.4) is 0 Å². The number of aromatic nitrogens is 2. The normalized spacial score (nSPS) is 10.8. The van der Waals surface area contributed by atoms with E-state index in [9.17, 15) is 13.6 Å². The Morgan fingerprint density at radius 1 is 0.829 bits per heavy atom. The van der Waals surface area contributed by atoms with Crippen LogP contribution >= 0.6 is 0 Å². The molecule has 3 N–H and O–H groups in total. The quantitative estimate of drug-likeness (QED) is 0.257. The highest BCUT2D eigenvalue weighted by molar-refractivity contribution is 6.04. The molecule has 2 amide bonds. The van der Waals surface area contributed by atoms with Gasteiger partial charge in [0.2, 0.25) is 0 Å². The largest absolute Gasteiger partial charge is 0.489 e. The first-order chi connectivity index (χ1) is 17.0. The number of fused-ring (bicyclic) bond motifs is 1.